The van der Waals surface area contributed by atoms with Crippen molar-refractivity contribution in [2.24, 2.45) is 0 Å². The van der Waals surface area contributed by atoms with Crippen molar-refractivity contribution in [1.29, 1.82) is 0 Å². The van der Waals surface area contributed by atoms with Crippen LogP contribution < -0.4 is 9.46 Å². The molecule has 0 saturated heterocycles. The lowest BCUT2D eigenvalue weighted by Crippen LogP contribution is -2.15. The highest BCUT2D eigenvalue weighted by molar-refractivity contribution is 7.92. The average molecular weight is 406 g/mol. The average Bonchev–Trinajstić information content (AvgIpc) is 2.67. The van der Waals surface area contributed by atoms with Gasteiger partial charge in [-0.15, -0.1) is 0 Å². The Bertz CT molecular complexity index is 905. The third-order valence-electron chi connectivity index (χ3n) is 4.25. The Hall–Kier alpha value is -2.54. The molecule has 0 aliphatic rings. The van der Waals surface area contributed by atoms with Gasteiger partial charge >= 0.3 is 5.97 Å². The van der Waals surface area contributed by atoms with Crippen LogP contribution in [0.4, 0.5) is 5.69 Å². The molecule has 0 bridgehead atoms. The molecule has 2 rings (SSSR count). The number of sulfonamides is 1. The largest absolute Gasteiger partial charge is 0.495 e. The van der Waals surface area contributed by atoms with Crippen molar-refractivity contribution in [2.75, 3.05) is 18.4 Å². The zero-order chi connectivity index (χ0) is 20.7. The number of anilines is 1. The van der Waals surface area contributed by atoms with Crippen LogP contribution in [-0.2, 0) is 14.8 Å². The van der Waals surface area contributed by atoms with Gasteiger partial charge in [0.15, 0.2) is 0 Å². The summed E-state index contributed by atoms with van der Waals surface area (Å²) in [4.78, 5) is 12.0. The summed E-state index contributed by atoms with van der Waals surface area (Å²) in [5.74, 6) is 0.0278. The normalized spacial score (nSPS) is 11.3. The van der Waals surface area contributed by atoms with Crippen LogP contribution in [-0.4, -0.2) is 28.1 Å². The second kappa shape index (κ2) is 9.59. The molecule has 0 spiro atoms. The summed E-state index contributed by atoms with van der Waals surface area (Å²) in [6.07, 6.45) is 1.75. The van der Waals surface area contributed by atoms with E-state index in [0.717, 1.165) is 18.4 Å². The summed E-state index contributed by atoms with van der Waals surface area (Å²) in [6, 6.07) is 11.3. The first-order chi connectivity index (χ1) is 13.3. The summed E-state index contributed by atoms with van der Waals surface area (Å²) < 4.78 is 38.6. The van der Waals surface area contributed by atoms with Gasteiger partial charge in [-0.3, -0.25) is 4.72 Å². The highest BCUT2D eigenvalue weighted by Crippen LogP contribution is 2.29. The molecule has 7 heteroatoms. The van der Waals surface area contributed by atoms with E-state index in [0.29, 0.717) is 17.9 Å². The Labute approximate surface area is 166 Å². The summed E-state index contributed by atoms with van der Waals surface area (Å²) in [7, 11) is -2.42. The van der Waals surface area contributed by atoms with Crippen molar-refractivity contribution >= 4 is 21.7 Å². The fourth-order valence-electron chi connectivity index (χ4n) is 2.54. The van der Waals surface area contributed by atoms with Gasteiger partial charge in [0.25, 0.3) is 10.0 Å². The van der Waals surface area contributed by atoms with Gasteiger partial charge in [-0.1, -0.05) is 33.3 Å². The molecule has 1 N–H and O–H groups in total. The van der Waals surface area contributed by atoms with Gasteiger partial charge < -0.3 is 9.47 Å². The molecule has 0 unspecified atom stereocenters. The number of esters is 1. The van der Waals surface area contributed by atoms with E-state index in [-0.39, 0.29) is 16.6 Å². The zero-order valence-corrected chi connectivity index (χ0v) is 17.5. The van der Waals surface area contributed by atoms with E-state index in [9.17, 15) is 13.2 Å². The maximum Gasteiger partial charge on any atom is 0.338 e. The van der Waals surface area contributed by atoms with Crippen molar-refractivity contribution in [3.8, 4) is 5.75 Å². The summed E-state index contributed by atoms with van der Waals surface area (Å²) in [5.41, 5.74) is 1.62. The smallest absolute Gasteiger partial charge is 0.338 e. The molecule has 0 amide bonds. The van der Waals surface area contributed by atoms with E-state index >= 15 is 0 Å². The molecule has 0 fully saturated rings. The third-order valence-corrected chi connectivity index (χ3v) is 5.65. The molecule has 0 heterocycles. The van der Waals surface area contributed by atoms with Gasteiger partial charge in [0, 0.05) is 5.69 Å². The number of ether oxygens (including phenoxy) is 2. The standard InChI is InChI=1S/C21H27NO5S/c1-5-6-13-27-21(23)16-7-10-18(11-8-16)22-28(24,25)20-14-17(15(2)3)9-12-19(20)26-4/h7-12,14-15,22H,5-6,13H2,1-4H3. The van der Waals surface area contributed by atoms with Gasteiger partial charge in [-0.2, -0.15) is 0 Å². The number of nitrogens with one attached hydrogen (secondary N) is 1. The lowest BCUT2D eigenvalue weighted by molar-refractivity contribution is 0.0500. The topological polar surface area (TPSA) is 81.7 Å². The van der Waals surface area contributed by atoms with Gasteiger partial charge in [0.2, 0.25) is 0 Å². The summed E-state index contributed by atoms with van der Waals surface area (Å²) in [5, 5.41) is 0. The fraction of sp³-hybridized carbons (Fsp3) is 0.381. The van der Waals surface area contributed by atoms with Crippen LogP contribution in [0.3, 0.4) is 0 Å². The maximum atomic E-state index is 12.9. The Morgan fingerprint density at radius 1 is 1.11 bits per heavy atom. The van der Waals surface area contributed by atoms with Crippen molar-refractivity contribution in [2.45, 2.75) is 44.4 Å². The Morgan fingerprint density at radius 2 is 1.79 bits per heavy atom. The highest BCUT2D eigenvalue weighted by Gasteiger charge is 2.21. The maximum absolute atomic E-state index is 12.9. The summed E-state index contributed by atoms with van der Waals surface area (Å²) in [6.45, 7) is 6.37. The van der Waals surface area contributed by atoms with E-state index in [1.807, 2.05) is 26.8 Å². The number of carbonyl (C=O) groups excluding carboxylic acids is 1. The lowest BCUT2D eigenvalue weighted by Gasteiger charge is -2.14. The first-order valence-electron chi connectivity index (χ1n) is 9.26. The molecule has 0 aliphatic carbocycles. The molecule has 2 aromatic rings. The molecule has 0 aromatic heterocycles. The monoisotopic (exact) mass is 405 g/mol. The first kappa shape index (κ1) is 21.8. The van der Waals surface area contributed by atoms with Crippen LogP contribution in [0.1, 0.15) is 55.5 Å². The minimum atomic E-state index is -3.85. The van der Waals surface area contributed by atoms with E-state index in [2.05, 4.69) is 4.72 Å². The Balaban J connectivity index is 2.20. The molecule has 0 saturated carbocycles. The van der Waals surface area contributed by atoms with E-state index in [4.69, 9.17) is 9.47 Å². The van der Waals surface area contributed by atoms with E-state index < -0.39 is 16.0 Å². The van der Waals surface area contributed by atoms with Crippen molar-refractivity contribution in [3.63, 3.8) is 0 Å². The van der Waals surface area contributed by atoms with E-state index in [1.54, 1.807) is 12.1 Å². The van der Waals surface area contributed by atoms with E-state index in [1.165, 1.54) is 31.4 Å². The third kappa shape index (κ3) is 5.48. The number of unbranched alkanes of at least 4 members (excludes halogenated alkanes) is 1. The molecular formula is C21H27NO5S. The second-order valence-corrected chi connectivity index (χ2v) is 8.39. The number of carbonyl (C=O) groups is 1. The number of hydrogen-bond donors (Lipinski definition) is 1. The van der Waals surface area contributed by atoms with Crippen molar-refractivity contribution < 1.29 is 22.7 Å². The molecule has 6 nitrogen and oxygen atoms in total. The zero-order valence-electron chi connectivity index (χ0n) is 16.7. The minimum Gasteiger partial charge on any atom is -0.495 e. The number of hydrogen-bond acceptors (Lipinski definition) is 5. The lowest BCUT2D eigenvalue weighted by atomic mass is 10.0. The first-order valence-corrected chi connectivity index (χ1v) is 10.7. The number of benzene rings is 2. The van der Waals surface area contributed by atoms with Crippen molar-refractivity contribution in [1.82, 2.24) is 0 Å². The van der Waals surface area contributed by atoms with Gasteiger partial charge in [-0.25, -0.2) is 13.2 Å². The molecule has 2 aromatic carbocycles. The SMILES string of the molecule is CCCCOC(=O)c1ccc(NS(=O)(=O)c2cc(C(C)C)ccc2OC)cc1. The quantitative estimate of drug-likeness (QED) is 0.488. The predicted octanol–water partition coefficient (Wildman–Crippen LogP) is 4.58. The molecule has 0 radical (unpaired) electrons. The number of rotatable bonds is 9. The Morgan fingerprint density at radius 3 is 2.36 bits per heavy atom. The van der Waals surface area contributed by atoms with Gasteiger partial charge in [0.1, 0.15) is 10.6 Å². The van der Waals surface area contributed by atoms with Crippen LogP contribution in [0.15, 0.2) is 47.4 Å². The second-order valence-electron chi connectivity index (χ2n) is 6.74. The predicted molar refractivity (Wildman–Crippen MR) is 110 cm³/mol. The molecule has 0 atom stereocenters. The van der Waals surface area contributed by atoms with Crippen LogP contribution in [0, 0.1) is 0 Å². The van der Waals surface area contributed by atoms with Crippen LogP contribution in [0.25, 0.3) is 0 Å². The van der Waals surface area contributed by atoms with Crippen LogP contribution in [0.5, 0.6) is 5.75 Å². The van der Waals surface area contributed by atoms with Crippen molar-refractivity contribution in [3.05, 3.63) is 53.6 Å². The molecular weight excluding hydrogens is 378 g/mol. The minimum absolute atomic E-state index is 0.0734. The van der Waals surface area contributed by atoms with Gasteiger partial charge in [-0.05, 0) is 54.3 Å². The van der Waals surface area contributed by atoms with Crippen LogP contribution >= 0.6 is 0 Å². The summed E-state index contributed by atoms with van der Waals surface area (Å²) >= 11 is 0. The Kier molecular flexibility index (Phi) is 7.45. The molecule has 0 aliphatic heterocycles. The van der Waals surface area contributed by atoms with Crippen LogP contribution in [0.2, 0.25) is 0 Å². The van der Waals surface area contributed by atoms with Gasteiger partial charge in [0.05, 0.1) is 19.3 Å². The molecule has 28 heavy (non-hydrogen) atoms. The molecule has 152 valence electrons. The fourth-order valence-corrected chi connectivity index (χ4v) is 3.80. The number of methoxy groups -OCH3 is 1. The highest BCUT2D eigenvalue weighted by atomic mass is 32.2.